The second kappa shape index (κ2) is 31.6. The van der Waals surface area contributed by atoms with Crippen molar-refractivity contribution < 1.29 is 71.1 Å². The number of methoxy groups -OCH3 is 1. The Morgan fingerprint density at radius 1 is 0.592 bits per heavy atom. The molecule has 2 aliphatic rings. The van der Waals surface area contributed by atoms with Crippen molar-refractivity contribution in [2.45, 2.75) is 37.3 Å². The zero-order valence-electron chi connectivity index (χ0n) is 29.6. The van der Waals surface area contributed by atoms with Gasteiger partial charge in [0.05, 0.1) is 164 Å². The summed E-state index contributed by atoms with van der Waals surface area (Å²) in [5.74, 6) is -0.285. The van der Waals surface area contributed by atoms with Gasteiger partial charge in [-0.1, -0.05) is 0 Å². The van der Waals surface area contributed by atoms with E-state index in [2.05, 4.69) is 5.32 Å². The first-order valence-corrected chi connectivity index (χ1v) is 17.3. The predicted molar refractivity (Wildman–Crippen MR) is 175 cm³/mol. The van der Waals surface area contributed by atoms with Crippen molar-refractivity contribution in [2.75, 3.05) is 166 Å². The number of nitrogens with two attached hydrogens (primary N) is 1. The lowest BCUT2D eigenvalue weighted by Crippen LogP contribution is -2.50. The second-order valence-corrected chi connectivity index (χ2v) is 10.9. The van der Waals surface area contributed by atoms with Gasteiger partial charge >= 0.3 is 0 Å². The van der Waals surface area contributed by atoms with Gasteiger partial charge in [-0.25, -0.2) is 0 Å². The Morgan fingerprint density at radius 3 is 1.35 bits per heavy atom. The number of amides is 1. The molecule has 2 rings (SSSR count). The van der Waals surface area contributed by atoms with Crippen LogP contribution in [0.5, 0.6) is 0 Å². The zero-order chi connectivity index (χ0) is 35.0. The number of carbonyl (C=O) groups excluding carboxylic acids is 1. The molecule has 2 fully saturated rings. The van der Waals surface area contributed by atoms with E-state index in [9.17, 15) is 4.79 Å². The van der Waals surface area contributed by atoms with Crippen molar-refractivity contribution in [3.05, 3.63) is 0 Å². The van der Waals surface area contributed by atoms with Crippen LogP contribution in [0.2, 0.25) is 0 Å². The molecule has 1 amide bonds. The fourth-order valence-electron chi connectivity index (χ4n) is 4.65. The molecule has 5 atom stereocenters. The second-order valence-electron chi connectivity index (χ2n) is 10.9. The van der Waals surface area contributed by atoms with Crippen LogP contribution in [0.1, 0.15) is 6.92 Å². The molecule has 0 aromatic rings. The quantitative estimate of drug-likeness (QED) is 0.0739. The lowest BCUT2D eigenvalue weighted by atomic mass is 10.1. The lowest BCUT2D eigenvalue weighted by molar-refractivity contribution is -0.139. The molecule has 0 radical (unpaired) electrons. The summed E-state index contributed by atoms with van der Waals surface area (Å²) in [6.45, 7) is 13.1. The molecule has 0 bridgehead atoms. The topological polar surface area (TPSA) is 184 Å². The molecule has 49 heavy (non-hydrogen) atoms. The van der Waals surface area contributed by atoms with Crippen LogP contribution in [0.4, 0.5) is 0 Å². The van der Waals surface area contributed by atoms with E-state index in [4.69, 9.17) is 72.0 Å². The fraction of sp³-hybridized carbons (Fsp3) is 0.969. The van der Waals surface area contributed by atoms with E-state index >= 15 is 0 Å². The summed E-state index contributed by atoms with van der Waals surface area (Å²) in [6, 6.07) is -0.443. The van der Waals surface area contributed by atoms with Crippen LogP contribution in [0.15, 0.2) is 0 Å². The van der Waals surface area contributed by atoms with Crippen LogP contribution >= 0.6 is 0 Å². The van der Waals surface area contributed by atoms with Crippen LogP contribution in [-0.2, 0) is 71.1 Å². The van der Waals surface area contributed by atoms with Crippen molar-refractivity contribution in [3.8, 4) is 0 Å². The van der Waals surface area contributed by atoms with Gasteiger partial charge in [0.2, 0.25) is 0 Å². The molecule has 0 aromatic carbocycles. The maximum absolute atomic E-state index is 12.7. The SMILES string of the molecule is CCOCCOCCOCCOCCOCCOCCOCCOCCOCCOCCOC(COC)C(=O)N[C@H]1CO[C@H]2[C@@H]1OC[C@@H]2N. The number of carbonyl (C=O) groups is 1. The van der Waals surface area contributed by atoms with Crippen molar-refractivity contribution in [1.82, 2.24) is 5.32 Å². The summed E-state index contributed by atoms with van der Waals surface area (Å²) in [7, 11) is 1.52. The minimum absolute atomic E-state index is 0.120. The van der Waals surface area contributed by atoms with Gasteiger partial charge in [-0.15, -0.1) is 0 Å². The summed E-state index contributed by atoms with van der Waals surface area (Å²) in [6.07, 6.45) is -1.20. The summed E-state index contributed by atoms with van der Waals surface area (Å²) < 4.78 is 76.5. The van der Waals surface area contributed by atoms with E-state index < -0.39 is 6.10 Å². The van der Waals surface area contributed by atoms with Crippen molar-refractivity contribution in [1.29, 1.82) is 0 Å². The number of rotatable bonds is 36. The van der Waals surface area contributed by atoms with E-state index in [-0.39, 0.29) is 43.4 Å². The van der Waals surface area contributed by atoms with Crippen molar-refractivity contribution >= 4 is 5.91 Å². The smallest absolute Gasteiger partial charge is 0.251 e. The lowest BCUT2D eigenvalue weighted by Gasteiger charge is -2.22. The van der Waals surface area contributed by atoms with Gasteiger partial charge in [0, 0.05) is 13.7 Å². The molecule has 17 nitrogen and oxygen atoms in total. The molecule has 2 aliphatic heterocycles. The Bertz CT molecular complexity index is 759. The van der Waals surface area contributed by atoms with E-state index in [1.165, 1.54) is 7.11 Å². The van der Waals surface area contributed by atoms with Crippen molar-refractivity contribution in [3.63, 3.8) is 0 Å². The Balaban J connectivity index is 1.24. The summed E-state index contributed by atoms with van der Waals surface area (Å²) in [5.41, 5.74) is 5.97. The summed E-state index contributed by atoms with van der Waals surface area (Å²) in [5, 5.41) is 2.93. The highest BCUT2D eigenvalue weighted by molar-refractivity contribution is 5.81. The standard InChI is InChI=1S/C32H62N2O15/c1-3-37-4-5-38-6-7-39-8-9-40-10-11-41-12-13-42-14-15-43-16-17-44-18-19-45-20-21-46-22-23-47-29(26-36-2)32(35)34-28-25-49-30-27(33)24-48-31(28)30/h27-31H,3-26,33H2,1-2H3,(H,34,35)/t27-,28-,29?,30+,31+/m0/s1. The molecular formula is C32H62N2O15. The average molecular weight is 715 g/mol. The van der Waals surface area contributed by atoms with Crippen LogP contribution in [0.25, 0.3) is 0 Å². The molecular weight excluding hydrogens is 652 g/mol. The van der Waals surface area contributed by atoms with Crippen LogP contribution in [-0.4, -0.2) is 202 Å². The Hall–Kier alpha value is -1.13. The molecule has 17 heteroatoms. The van der Waals surface area contributed by atoms with Crippen LogP contribution in [0, 0.1) is 0 Å². The van der Waals surface area contributed by atoms with Gasteiger partial charge in [-0.2, -0.15) is 0 Å². The van der Waals surface area contributed by atoms with Gasteiger partial charge in [-0.3, -0.25) is 4.79 Å². The van der Waals surface area contributed by atoms with Crippen LogP contribution < -0.4 is 11.1 Å². The molecule has 0 aliphatic carbocycles. The molecule has 290 valence electrons. The molecule has 1 unspecified atom stereocenters. The maximum Gasteiger partial charge on any atom is 0.251 e. The first-order chi connectivity index (χ1) is 24.2. The fourth-order valence-corrected chi connectivity index (χ4v) is 4.65. The molecule has 2 heterocycles. The van der Waals surface area contributed by atoms with Crippen molar-refractivity contribution in [2.24, 2.45) is 5.73 Å². The molecule has 3 N–H and O–H groups in total. The number of hydrogen-bond donors (Lipinski definition) is 2. The number of fused-ring (bicyclic) bond motifs is 1. The summed E-state index contributed by atoms with van der Waals surface area (Å²) >= 11 is 0. The third kappa shape index (κ3) is 22.4. The Morgan fingerprint density at radius 2 is 0.959 bits per heavy atom. The van der Waals surface area contributed by atoms with Crippen LogP contribution in [0.3, 0.4) is 0 Å². The highest BCUT2D eigenvalue weighted by atomic mass is 16.6. The first-order valence-electron chi connectivity index (χ1n) is 17.3. The largest absolute Gasteiger partial charge is 0.381 e. The normalized spacial score (nSPS) is 21.0. The Kier molecular flexibility index (Phi) is 28.4. The minimum Gasteiger partial charge on any atom is -0.381 e. The van der Waals surface area contributed by atoms with Gasteiger partial charge < -0.3 is 77.4 Å². The molecule has 0 aromatic heterocycles. The highest BCUT2D eigenvalue weighted by Crippen LogP contribution is 2.26. The third-order valence-electron chi connectivity index (χ3n) is 7.13. The van der Waals surface area contributed by atoms with Gasteiger partial charge in [0.15, 0.2) is 6.10 Å². The monoisotopic (exact) mass is 714 g/mol. The first kappa shape index (κ1) is 44.0. The van der Waals surface area contributed by atoms with E-state index in [0.29, 0.717) is 145 Å². The summed E-state index contributed by atoms with van der Waals surface area (Å²) in [4.78, 5) is 12.7. The van der Waals surface area contributed by atoms with Gasteiger partial charge in [-0.05, 0) is 6.92 Å². The zero-order valence-corrected chi connectivity index (χ0v) is 29.6. The van der Waals surface area contributed by atoms with Gasteiger partial charge in [0.25, 0.3) is 5.91 Å². The highest BCUT2D eigenvalue weighted by Gasteiger charge is 2.47. The van der Waals surface area contributed by atoms with E-state index in [0.717, 1.165) is 0 Å². The third-order valence-corrected chi connectivity index (χ3v) is 7.13. The Labute approximate surface area is 291 Å². The molecule has 2 saturated heterocycles. The molecule has 0 saturated carbocycles. The van der Waals surface area contributed by atoms with Gasteiger partial charge in [0.1, 0.15) is 12.2 Å². The minimum atomic E-state index is -0.770. The maximum atomic E-state index is 12.7. The predicted octanol–water partition coefficient (Wildman–Crippen LogP) is -1.19. The number of nitrogens with one attached hydrogen (secondary N) is 1. The molecule has 0 spiro atoms. The average Bonchev–Trinajstić information content (AvgIpc) is 3.68. The van der Waals surface area contributed by atoms with E-state index in [1.807, 2.05) is 6.92 Å². The van der Waals surface area contributed by atoms with E-state index in [1.54, 1.807) is 0 Å². The number of ether oxygens (including phenoxy) is 14. The number of hydrogen-bond acceptors (Lipinski definition) is 16.